The largest absolute Gasteiger partial charge is 0.485 e. The molecule has 0 aromatic heterocycles. The molecule has 0 aromatic carbocycles. The summed E-state index contributed by atoms with van der Waals surface area (Å²) >= 11 is 0. The maximum Gasteiger partial charge on any atom is 0.485 e. The van der Waals surface area contributed by atoms with E-state index in [2.05, 4.69) is 13.8 Å². The van der Waals surface area contributed by atoms with Gasteiger partial charge in [0, 0.05) is 0 Å². The molecule has 1 radical (unpaired) electrons. The van der Waals surface area contributed by atoms with Crippen molar-refractivity contribution in [3.8, 4) is 0 Å². The van der Waals surface area contributed by atoms with Gasteiger partial charge in [-0.3, -0.25) is 0 Å². The summed E-state index contributed by atoms with van der Waals surface area (Å²) in [6.45, 7) is 4.51. The molecule has 0 spiro atoms. The van der Waals surface area contributed by atoms with Crippen molar-refractivity contribution in [2.75, 3.05) is 0 Å². The summed E-state index contributed by atoms with van der Waals surface area (Å²) in [6.07, 6.45) is 9.61. The molecule has 1 rings (SSSR count). The average molecular weight is 211 g/mol. The lowest BCUT2D eigenvalue weighted by molar-refractivity contribution is 0.00966. The fourth-order valence-electron chi connectivity index (χ4n) is 2.57. The van der Waals surface area contributed by atoms with Crippen molar-refractivity contribution in [1.29, 1.82) is 0 Å². The van der Waals surface area contributed by atoms with Gasteiger partial charge in [-0.25, -0.2) is 0 Å². The quantitative estimate of drug-likeness (QED) is 0.684. The molecule has 0 saturated heterocycles. The van der Waals surface area contributed by atoms with Crippen LogP contribution in [0.15, 0.2) is 0 Å². The maximum absolute atomic E-state index is 8.85. The molecule has 1 fully saturated rings. The highest BCUT2D eigenvalue weighted by Gasteiger charge is 2.32. The van der Waals surface area contributed by atoms with E-state index in [1.165, 1.54) is 32.1 Å². The van der Waals surface area contributed by atoms with Crippen LogP contribution in [-0.4, -0.2) is 18.3 Å². The molecule has 0 atom stereocenters. The van der Waals surface area contributed by atoms with E-state index >= 15 is 0 Å². The molecule has 1 aliphatic carbocycles. The fraction of sp³-hybridized carbons (Fsp3) is 1.00. The number of hydrogen-bond donors (Lipinski definition) is 1. The Kier molecular flexibility index (Phi) is 5.69. The molecule has 2 nitrogen and oxygen atoms in total. The van der Waals surface area contributed by atoms with Gasteiger partial charge in [-0.05, 0) is 25.2 Å². The minimum absolute atomic E-state index is 0.0398. The highest BCUT2D eigenvalue weighted by molar-refractivity contribution is 6.16. The van der Waals surface area contributed by atoms with Gasteiger partial charge < -0.3 is 9.68 Å². The first-order valence-electron chi connectivity index (χ1n) is 6.32. The molecule has 1 N–H and O–H groups in total. The molecule has 3 heteroatoms. The summed E-state index contributed by atoms with van der Waals surface area (Å²) in [5.41, 5.74) is -0.0398. The minimum Gasteiger partial charge on any atom is -0.429 e. The standard InChI is InChI=1S/C12H24BO2/c1-11(2)7-6-10-12(15-13-14)8-4-3-5-9-12/h11,14H,3-10H2,1-2H3. The Bertz CT molecular complexity index is 159. The number of rotatable bonds is 6. The van der Waals surface area contributed by atoms with Crippen molar-refractivity contribution in [3.05, 3.63) is 0 Å². The lowest BCUT2D eigenvalue weighted by Crippen LogP contribution is -2.36. The van der Waals surface area contributed by atoms with E-state index in [4.69, 9.17) is 9.68 Å². The predicted molar refractivity (Wildman–Crippen MR) is 63.6 cm³/mol. The second kappa shape index (κ2) is 6.54. The first kappa shape index (κ1) is 13.1. The Hall–Kier alpha value is -0.0151. The van der Waals surface area contributed by atoms with E-state index in [0.717, 1.165) is 32.9 Å². The molecule has 0 bridgehead atoms. The first-order chi connectivity index (χ1) is 7.18. The Morgan fingerprint density at radius 3 is 2.47 bits per heavy atom. The maximum atomic E-state index is 8.85. The third-order valence-electron chi connectivity index (χ3n) is 3.48. The summed E-state index contributed by atoms with van der Waals surface area (Å²) in [4.78, 5) is 0. The second-order valence-corrected chi connectivity index (χ2v) is 5.25. The fourth-order valence-corrected chi connectivity index (χ4v) is 2.57. The van der Waals surface area contributed by atoms with Crippen molar-refractivity contribution in [1.82, 2.24) is 0 Å². The molecule has 87 valence electrons. The average Bonchev–Trinajstić information content (AvgIpc) is 2.19. The van der Waals surface area contributed by atoms with Crippen molar-refractivity contribution < 1.29 is 9.68 Å². The van der Waals surface area contributed by atoms with Gasteiger partial charge in [-0.1, -0.05) is 46.0 Å². The zero-order valence-corrected chi connectivity index (χ0v) is 10.2. The molecule has 1 saturated carbocycles. The monoisotopic (exact) mass is 211 g/mol. The highest BCUT2D eigenvalue weighted by Crippen LogP contribution is 2.35. The topological polar surface area (TPSA) is 29.5 Å². The zero-order valence-electron chi connectivity index (χ0n) is 10.2. The van der Waals surface area contributed by atoms with Crippen LogP contribution in [-0.2, 0) is 4.65 Å². The second-order valence-electron chi connectivity index (χ2n) is 5.25. The summed E-state index contributed by atoms with van der Waals surface area (Å²) < 4.78 is 5.48. The van der Waals surface area contributed by atoms with Crippen LogP contribution in [0.4, 0.5) is 0 Å². The van der Waals surface area contributed by atoms with Crippen molar-refractivity contribution in [3.63, 3.8) is 0 Å². The van der Waals surface area contributed by atoms with E-state index in [-0.39, 0.29) is 5.60 Å². The van der Waals surface area contributed by atoms with Crippen molar-refractivity contribution >= 4 is 7.69 Å². The third kappa shape index (κ3) is 4.56. The zero-order chi connectivity index (χ0) is 11.1. The van der Waals surface area contributed by atoms with E-state index in [1.807, 2.05) is 0 Å². The van der Waals surface area contributed by atoms with Gasteiger partial charge in [0.1, 0.15) is 0 Å². The van der Waals surface area contributed by atoms with Crippen LogP contribution in [0.3, 0.4) is 0 Å². The van der Waals surface area contributed by atoms with Crippen molar-refractivity contribution in [2.45, 2.75) is 70.8 Å². The summed E-state index contributed by atoms with van der Waals surface area (Å²) in [7, 11) is 0.903. The molecule has 0 aromatic rings. The van der Waals surface area contributed by atoms with Gasteiger partial charge in [0.05, 0.1) is 5.60 Å². The van der Waals surface area contributed by atoms with E-state index in [1.54, 1.807) is 0 Å². The normalized spacial score (nSPS) is 20.5. The number of hydrogen-bond acceptors (Lipinski definition) is 2. The van der Waals surface area contributed by atoms with Gasteiger partial charge in [0.2, 0.25) is 0 Å². The summed E-state index contributed by atoms with van der Waals surface area (Å²) in [5, 5.41) is 8.85. The Morgan fingerprint density at radius 2 is 1.93 bits per heavy atom. The van der Waals surface area contributed by atoms with Crippen LogP contribution in [0.1, 0.15) is 65.2 Å². The molecular formula is C12H24BO2. The van der Waals surface area contributed by atoms with Crippen LogP contribution < -0.4 is 0 Å². The lowest BCUT2D eigenvalue weighted by Gasteiger charge is -2.37. The Morgan fingerprint density at radius 1 is 1.27 bits per heavy atom. The molecule has 0 aliphatic heterocycles. The Labute approximate surface area is 94.7 Å². The highest BCUT2D eigenvalue weighted by atomic mass is 16.5. The Balaban J connectivity index is 2.34. The predicted octanol–water partition coefficient (Wildman–Crippen LogP) is 3.06. The van der Waals surface area contributed by atoms with Gasteiger partial charge in [0.15, 0.2) is 0 Å². The van der Waals surface area contributed by atoms with Gasteiger partial charge in [-0.2, -0.15) is 0 Å². The smallest absolute Gasteiger partial charge is 0.429 e. The molecule has 0 amide bonds. The SMILES string of the molecule is CC(C)CCCC1(O[B]O)CCCCC1. The molecule has 15 heavy (non-hydrogen) atoms. The summed E-state index contributed by atoms with van der Waals surface area (Å²) in [6, 6.07) is 0. The van der Waals surface area contributed by atoms with E-state index in [9.17, 15) is 0 Å². The molecule has 1 aliphatic rings. The summed E-state index contributed by atoms with van der Waals surface area (Å²) in [5.74, 6) is 0.767. The van der Waals surface area contributed by atoms with Crippen LogP contribution >= 0.6 is 0 Å². The minimum atomic E-state index is -0.0398. The van der Waals surface area contributed by atoms with Crippen LogP contribution in [0, 0.1) is 5.92 Å². The third-order valence-corrected chi connectivity index (χ3v) is 3.48. The molecular weight excluding hydrogens is 187 g/mol. The van der Waals surface area contributed by atoms with Gasteiger partial charge in [-0.15, -0.1) is 0 Å². The van der Waals surface area contributed by atoms with Gasteiger partial charge >= 0.3 is 7.69 Å². The molecule has 0 unspecified atom stereocenters. The van der Waals surface area contributed by atoms with E-state index in [0.29, 0.717) is 0 Å². The van der Waals surface area contributed by atoms with Crippen LogP contribution in [0.2, 0.25) is 0 Å². The van der Waals surface area contributed by atoms with Crippen LogP contribution in [0.5, 0.6) is 0 Å². The molecule has 0 heterocycles. The van der Waals surface area contributed by atoms with Crippen molar-refractivity contribution in [2.24, 2.45) is 5.92 Å². The first-order valence-corrected chi connectivity index (χ1v) is 6.32. The van der Waals surface area contributed by atoms with E-state index < -0.39 is 0 Å². The van der Waals surface area contributed by atoms with Crippen LogP contribution in [0.25, 0.3) is 0 Å². The van der Waals surface area contributed by atoms with Gasteiger partial charge in [0.25, 0.3) is 0 Å². The lowest BCUT2D eigenvalue weighted by atomic mass is 9.80.